The number of hydrogen-bond acceptors (Lipinski definition) is 2. The molecule has 0 aromatic heterocycles. The van der Waals surface area contributed by atoms with E-state index in [4.69, 9.17) is 0 Å². The lowest BCUT2D eigenvalue weighted by atomic mass is 9.79. The molecule has 16 heavy (non-hydrogen) atoms. The van der Waals surface area contributed by atoms with Crippen molar-refractivity contribution in [1.82, 2.24) is 4.90 Å². The summed E-state index contributed by atoms with van der Waals surface area (Å²) < 4.78 is 0. The first-order valence-electron chi connectivity index (χ1n) is 6.98. The standard InChI is InChI=1S/C14H27NO/c1-10-6-11(2)8-13(7-10)15-5-4-14(16)12(3)9-15/h10-14,16H,4-9H2,1-3H3. The van der Waals surface area contributed by atoms with Crippen molar-refractivity contribution >= 4 is 0 Å². The van der Waals surface area contributed by atoms with Gasteiger partial charge in [-0.15, -0.1) is 0 Å². The van der Waals surface area contributed by atoms with Gasteiger partial charge in [0.2, 0.25) is 0 Å². The molecule has 2 nitrogen and oxygen atoms in total. The Morgan fingerprint density at radius 2 is 1.62 bits per heavy atom. The Labute approximate surface area is 100 Å². The summed E-state index contributed by atoms with van der Waals surface area (Å²) in [6, 6.07) is 0.786. The molecule has 1 saturated heterocycles. The van der Waals surface area contributed by atoms with Gasteiger partial charge < -0.3 is 5.11 Å². The summed E-state index contributed by atoms with van der Waals surface area (Å²) in [4.78, 5) is 2.64. The molecule has 4 atom stereocenters. The van der Waals surface area contributed by atoms with Crippen LogP contribution in [0.2, 0.25) is 0 Å². The Bertz CT molecular complexity index is 221. The lowest BCUT2D eigenvalue weighted by molar-refractivity contribution is 0.000216. The highest BCUT2D eigenvalue weighted by atomic mass is 16.3. The van der Waals surface area contributed by atoms with Crippen molar-refractivity contribution < 1.29 is 5.11 Å². The first kappa shape index (κ1) is 12.4. The summed E-state index contributed by atoms with van der Waals surface area (Å²) in [5, 5.41) is 9.77. The second-order valence-corrected chi connectivity index (χ2v) is 6.40. The van der Waals surface area contributed by atoms with E-state index < -0.39 is 0 Å². The average molecular weight is 225 g/mol. The molecule has 0 bridgehead atoms. The van der Waals surface area contributed by atoms with E-state index in [1.807, 2.05) is 0 Å². The van der Waals surface area contributed by atoms with Gasteiger partial charge in [0.05, 0.1) is 6.10 Å². The van der Waals surface area contributed by atoms with Crippen LogP contribution in [0.3, 0.4) is 0 Å². The highest BCUT2D eigenvalue weighted by molar-refractivity contribution is 4.86. The smallest absolute Gasteiger partial charge is 0.0590 e. The quantitative estimate of drug-likeness (QED) is 0.741. The summed E-state index contributed by atoms with van der Waals surface area (Å²) in [7, 11) is 0. The molecule has 1 aliphatic heterocycles. The van der Waals surface area contributed by atoms with Crippen LogP contribution in [0, 0.1) is 17.8 Å². The van der Waals surface area contributed by atoms with Gasteiger partial charge >= 0.3 is 0 Å². The van der Waals surface area contributed by atoms with Crippen molar-refractivity contribution in [2.75, 3.05) is 13.1 Å². The molecular weight excluding hydrogens is 198 g/mol. The van der Waals surface area contributed by atoms with Crippen LogP contribution in [0.5, 0.6) is 0 Å². The zero-order chi connectivity index (χ0) is 11.7. The zero-order valence-electron chi connectivity index (χ0n) is 11.0. The van der Waals surface area contributed by atoms with E-state index in [-0.39, 0.29) is 6.10 Å². The highest BCUT2D eigenvalue weighted by Gasteiger charge is 2.32. The van der Waals surface area contributed by atoms with Crippen molar-refractivity contribution in [3.63, 3.8) is 0 Å². The van der Waals surface area contributed by atoms with Crippen LogP contribution in [0.25, 0.3) is 0 Å². The Balaban J connectivity index is 1.92. The third-order valence-corrected chi connectivity index (χ3v) is 4.56. The highest BCUT2D eigenvalue weighted by Crippen LogP contribution is 2.33. The van der Waals surface area contributed by atoms with Crippen molar-refractivity contribution in [3.05, 3.63) is 0 Å². The number of hydrogen-bond donors (Lipinski definition) is 1. The Morgan fingerprint density at radius 3 is 2.19 bits per heavy atom. The summed E-state index contributed by atoms with van der Waals surface area (Å²) >= 11 is 0. The minimum Gasteiger partial charge on any atom is -0.393 e. The number of likely N-dealkylation sites (tertiary alicyclic amines) is 1. The third-order valence-electron chi connectivity index (χ3n) is 4.56. The van der Waals surface area contributed by atoms with E-state index in [2.05, 4.69) is 25.7 Å². The first-order valence-corrected chi connectivity index (χ1v) is 6.98. The topological polar surface area (TPSA) is 23.5 Å². The molecule has 0 aromatic rings. The molecule has 1 saturated carbocycles. The molecule has 1 N–H and O–H groups in total. The predicted molar refractivity (Wildman–Crippen MR) is 67.3 cm³/mol. The molecule has 0 amide bonds. The minimum absolute atomic E-state index is 0.0605. The van der Waals surface area contributed by atoms with Gasteiger partial charge in [-0.25, -0.2) is 0 Å². The maximum Gasteiger partial charge on any atom is 0.0590 e. The number of piperidine rings is 1. The summed E-state index contributed by atoms with van der Waals surface area (Å²) in [6.07, 6.45) is 5.05. The van der Waals surface area contributed by atoms with Gasteiger partial charge in [-0.3, -0.25) is 4.90 Å². The van der Waals surface area contributed by atoms with Gasteiger partial charge in [0, 0.05) is 19.1 Å². The van der Waals surface area contributed by atoms with Crippen LogP contribution in [-0.4, -0.2) is 35.2 Å². The monoisotopic (exact) mass is 225 g/mol. The van der Waals surface area contributed by atoms with Crippen molar-refractivity contribution in [2.45, 2.75) is 58.6 Å². The molecule has 2 fully saturated rings. The normalized spacial score (nSPS) is 46.9. The Morgan fingerprint density at radius 1 is 1.00 bits per heavy atom. The largest absolute Gasteiger partial charge is 0.393 e. The summed E-state index contributed by atoms with van der Waals surface area (Å²) in [5.41, 5.74) is 0. The van der Waals surface area contributed by atoms with Gasteiger partial charge in [-0.05, 0) is 43.4 Å². The van der Waals surface area contributed by atoms with Gasteiger partial charge in [0.1, 0.15) is 0 Å². The van der Waals surface area contributed by atoms with E-state index in [9.17, 15) is 5.11 Å². The lowest BCUT2D eigenvalue weighted by Gasteiger charge is -2.43. The average Bonchev–Trinajstić information content (AvgIpc) is 2.20. The van der Waals surface area contributed by atoms with E-state index >= 15 is 0 Å². The number of aliphatic hydroxyl groups excluding tert-OH is 1. The third kappa shape index (κ3) is 2.78. The van der Waals surface area contributed by atoms with Crippen LogP contribution >= 0.6 is 0 Å². The number of nitrogens with zero attached hydrogens (tertiary/aromatic N) is 1. The van der Waals surface area contributed by atoms with Crippen LogP contribution in [0.4, 0.5) is 0 Å². The molecule has 0 aromatic carbocycles. The van der Waals surface area contributed by atoms with E-state index in [1.165, 1.54) is 19.3 Å². The Kier molecular flexibility index (Phi) is 3.91. The van der Waals surface area contributed by atoms with Gasteiger partial charge in [0.15, 0.2) is 0 Å². The summed E-state index contributed by atoms with van der Waals surface area (Å²) in [5.74, 6) is 2.23. The molecule has 0 spiro atoms. The second kappa shape index (κ2) is 5.05. The first-order chi connectivity index (χ1) is 7.56. The van der Waals surface area contributed by atoms with E-state index in [0.29, 0.717) is 5.92 Å². The number of rotatable bonds is 1. The molecular formula is C14H27NO. The lowest BCUT2D eigenvalue weighted by Crippen LogP contribution is -2.49. The summed E-state index contributed by atoms with van der Waals surface area (Å²) in [6.45, 7) is 9.18. The van der Waals surface area contributed by atoms with Gasteiger partial charge in [-0.1, -0.05) is 20.8 Å². The fourth-order valence-corrected chi connectivity index (χ4v) is 3.70. The van der Waals surface area contributed by atoms with Crippen molar-refractivity contribution in [3.8, 4) is 0 Å². The second-order valence-electron chi connectivity index (χ2n) is 6.40. The van der Waals surface area contributed by atoms with Crippen molar-refractivity contribution in [2.24, 2.45) is 17.8 Å². The maximum absolute atomic E-state index is 9.77. The van der Waals surface area contributed by atoms with Crippen LogP contribution in [0.1, 0.15) is 46.5 Å². The fraction of sp³-hybridized carbons (Fsp3) is 1.00. The van der Waals surface area contributed by atoms with E-state index in [0.717, 1.165) is 37.4 Å². The molecule has 0 radical (unpaired) electrons. The molecule has 2 aliphatic rings. The minimum atomic E-state index is -0.0605. The molecule has 94 valence electrons. The van der Waals surface area contributed by atoms with Gasteiger partial charge in [-0.2, -0.15) is 0 Å². The van der Waals surface area contributed by atoms with Crippen molar-refractivity contribution in [1.29, 1.82) is 0 Å². The fourth-order valence-electron chi connectivity index (χ4n) is 3.70. The predicted octanol–water partition coefficient (Wildman–Crippen LogP) is 2.51. The van der Waals surface area contributed by atoms with Crippen LogP contribution in [0.15, 0.2) is 0 Å². The SMILES string of the molecule is CC1CC(C)CC(N2CCC(O)C(C)C2)C1. The molecule has 4 unspecified atom stereocenters. The molecule has 2 rings (SSSR count). The molecule has 2 heteroatoms. The molecule has 1 aliphatic carbocycles. The van der Waals surface area contributed by atoms with E-state index in [1.54, 1.807) is 0 Å². The maximum atomic E-state index is 9.77. The van der Waals surface area contributed by atoms with Crippen LogP contribution in [-0.2, 0) is 0 Å². The zero-order valence-corrected chi connectivity index (χ0v) is 11.0. The van der Waals surface area contributed by atoms with Gasteiger partial charge in [0.25, 0.3) is 0 Å². The Hall–Kier alpha value is -0.0800. The van der Waals surface area contributed by atoms with Crippen LogP contribution < -0.4 is 0 Å². The number of aliphatic hydroxyl groups is 1. The molecule has 1 heterocycles.